The van der Waals surface area contributed by atoms with Crippen LogP contribution in [0.4, 0.5) is 0 Å². The Balaban J connectivity index is 4.39. The van der Waals surface area contributed by atoms with Crippen LogP contribution in [0.1, 0.15) is 342 Å². The van der Waals surface area contributed by atoms with Gasteiger partial charge in [0.15, 0.2) is 6.10 Å². The average Bonchev–Trinajstić information content (AvgIpc) is 3.47. The number of allylic oxidation sites excluding steroid dienone is 16. The molecular weight excluding hydrogens is 997 g/mol. The lowest BCUT2D eigenvalue weighted by Crippen LogP contribution is -2.30. The summed E-state index contributed by atoms with van der Waals surface area (Å²) in [6.07, 6.45) is 92.9. The van der Waals surface area contributed by atoms with Crippen LogP contribution in [-0.2, 0) is 28.6 Å². The first-order chi connectivity index (χ1) is 40.0. The minimum Gasteiger partial charge on any atom is -0.462 e. The normalized spacial score (nSPS) is 12.7. The molecule has 81 heavy (non-hydrogen) atoms. The molecule has 0 radical (unpaired) electrons. The smallest absolute Gasteiger partial charge is 0.306 e. The van der Waals surface area contributed by atoms with Crippen LogP contribution in [0.2, 0.25) is 0 Å². The summed E-state index contributed by atoms with van der Waals surface area (Å²) >= 11 is 0. The van der Waals surface area contributed by atoms with Crippen molar-refractivity contribution in [1.29, 1.82) is 0 Å². The predicted molar refractivity (Wildman–Crippen MR) is 353 cm³/mol. The van der Waals surface area contributed by atoms with E-state index in [0.29, 0.717) is 12.8 Å². The van der Waals surface area contributed by atoms with Gasteiger partial charge in [0.05, 0.1) is 0 Å². The molecule has 1 atom stereocenters. The van der Waals surface area contributed by atoms with Crippen molar-refractivity contribution in [2.45, 2.75) is 348 Å². The second-order valence-electron chi connectivity index (χ2n) is 23.1. The van der Waals surface area contributed by atoms with E-state index >= 15 is 0 Å². The number of carbonyl (C=O) groups is 3. The molecule has 1 unspecified atom stereocenters. The van der Waals surface area contributed by atoms with Gasteiger partial charge in [0.1, 0.15) is 13.2 Å². The molecule has 0 aromatic rings. The van der Waals surface area contributed by atoms with Gasteiger partial charge in [-0.2, -0.15) is 0 Å². The van der Waals surface area contributed by atoms with Gasteiger partial charge in [-0.1, -0.05) is 317 Å². The summed E-state index contributed by atoms with van der Waals surface area (Å²) in [5.41, 5.74) is 0. The summed E-state index contributed by atoms with van der Waals surface area (Å²) in [5, 5.41) is 0. The third-order valence-electron chi connectivity index (χ3n) is 15.1. The zero-order valence-electron chi connectivity index (χ0n) is 53.5. The van der Waals surface area contributed by atoms with Gasteiger partial charge in [-0.15, -0.1) is 0 Å². The van der Waals surface area contributed by atoms with Crippen molar-refractivity contribution in [3.05, 3.63) is 97.2 Å². The standard InChI is InChI=1S/C75H130O6/c1-4-7-10-13-16-19-22-25-28-31-34-35-36-37-38-39-42-44-47-50-53-56-59-62-65-68-74(77)80-71-72(81-75(78)69-66-63-60-57-54-51-48-45-41-33-30-27-24-21-18-15-12-9-6-3)70-79-73(76)67-64-61-58-55-52-49-46-43-40-32-29-26-23-20-17-14-11-8-5-2/h9,12,17-18,20-21,26-27,29-30,40-41,43,45,51,54,72H,4-8,10-11,13-16,19,22-25,28,31-39,42,44,46-50,52-53,55-71H2,1-3H3/b12-9-,20-17-,21-18-,29-26-,30-27-,43-40-,45-41-,54-51-. The second kappa shape index (κ2) is 68.8. The van der Waals surface area contributed by atoms with Crippen molar-refractivity contribution in [2.75, 3.05) is 13.2 Å². The van der Waals surface area contributed by atoms with Crippen molar-refractivity contribution >= 4 is 17.9 Å². The highest BCUT2D eigenvalue weighted by molar-refractivity contribution is 5.71. The maximum atomic E-state index is 12.9. The maximum Gasteiger partial charge on any atom is 0.306 e. The Morgan fingerprint density at radius 3 is 0.790 bits per heavy atom. The number of hydrogen-bond acceptors (Lipinski definition) is 6. The van der Waals surface area contributed by atoms with Gasteiger partial charge < -0.3 is 14.2 Å². The van der Waals surface area contributed by atoms with Crippen LogP contribution in [-0.4, -0.2) is 37.2 Å². The third-order valence-corrected chi connectivity index (χ3v) is 15.1. The molecule has 0 amide bonds. The number of ether oxygens (including phenoxy) is 3. The zero-order valence-corrected chi connectivity index (χ0v) is 53.5. The molecule has 0 N–H and O–H groups in total. The number of hydrogen-bond donors (Lipinski definition) is 0. The third kappa shape index (κ3) is 67.0. The lowest BCUT2D eigenvalue weighted by molar-refractivity contribution is -0.167. The maximum absolute atomic E-state index is 12.9. The number of carbonyl (C=O) groups excluding carboxylic acids is 3. The van der Waals surface area contributed by atoms with Crippen LogP contribution in [0, 0.1) is 0 Å². The van der Waals surface area contributed by atoms with E-state index in [9.17, 15) is 14.4 Å². The highest BCUT2D eigenvalue weighted by Crippen LogP contribution is 2.17. The van der Waals surface area contributed by atoms with Gasteiger partial charge in [-0.05, 0) is 103 Å². The Kier molecular flexibility index (Phi) is 65.7. The molecule has 0 aromatic heterocycles. The van der Waals surface area contributed by atoms with Crippen molar-refractivity contribution < 1.29 is 28.6 Å². The summed E-state index contributed by atoms with van der Waals surface area (Å²) in [7, 11) is 0. The Morgan fingerprint density at radius 1 is 0.259 bits per heavy atom. The molecule has 0 aliphatic carbocycles. The van der Waals surface area contributed by atoms with E-state index in [1.165, 1.54) is 186 Å². The van der Waals surface area contributed by atoms with Gasteiger partial charge >= 0.3 is 17.9 Å². The predicted octanol–water partition coefficient (Wildman–Crippen LogP) is 24.0. The Morgan fingerprint density at radius 2 is 0.481 bits per heavy atom. The topological polar surface area (TPSA) is 78.9 Å². The van der Waals surface area contributed by atoms with Crippen LogP contribution < -0.4 is 0 Å². The zero-order chi connectivity index (χ0) is 58.5. The van der Waals surface area contributed by atoms with E-state index in [4.69, 9.17) is 14.2 Å². The Hall–Kier alpha value is -3.67. The minimum atomic E-state index is -0.803. The molecule has 0 aliphatic rings. The average molecular weight is 1130 g/mol. The minimum absolute atomic E-state index is 0.0931. The highest BCUT2D eigenvalue weighted by atomic mass is 16.6. The van der Waals surface area contributed by atoms with E-state index in [1.807, 2.05) is 0 Å². The molecule has 0 aliphatic heterocycles. The van der Waals surface area contributed by atoms with Crippen LogP contribution in [0.25, 0.3) is 0 Å². The van der Waals surface area contributed by atoms with Crippen molar-refractivity contribution in [3.8, 4) is 0 Å². The molecule has 0 heterocycles. The SMILES string of the molecule is CC/C=C\C/C=C\C/C=C\C/C=C\C/C=C\CCCCCC(=O)OC(COC(=O)CCCCCCCC/C=C\C/C=C\C/C=C\CCCCC)COC(=O)CCCCCCCCCCCCCCCCCCCCCCCCCCC. The van der Waals surface area contributed by atoms with Gasteiger partial charge in [0, 0.05) is 19.3 Å². The van der Waals surface area contributed by atoms with Crippen molar-refractivity contribution in [2.24, 2.45) is 0 Å². The summed E-state index contributed by atoms with van der Waals surface area (Å²) in [5.74, 6) is -0.923. The highest BCUT2D eigenvalue weighted by Gasteiger charge is 2.19. The van der Waals surface area contributed by atoms with E-state index in [1.54, 1.807) is 0 Å². The molecule has 466 valence electrons. The van der Waals surface area contributed by atoms with Gasteiger partial charge in [-0.3, -0.25) is 14.4 Å². The quantitative estimate of drug-likeness (QED) is 0.0261. The first-order valence-corrected chi connectivity index (χ1v) is 34.7. The molecule has 6 heteroatoms. The van der Waals surface area contributed by atoms with E-state index < -0.39 is 6.10 Å². The molecule has 6 nitrogen and oxygen atoms in total. The lowest BCUT2D eigenvalue weighted by Gasteiger charge is -2.18. The van der Waals surface area contributed by atoms with E-state index in [2.05, 4.69) is 118 Å². The van der Waals surface area contributed by atoms with Crippen LogP contribution in [0.5, 0.6) is 0 Å². The number of rotatable bonds is 63. The van der Waals surface area contributed by atoms with Gasteiger partial charge in [0.25, 0.3) is 0 Å². The van der Waals surface area contributed by atoms with Crippen molar-refractivity contribution in [3.63, 3.8) is 0 Å². The lowest BCUT2D eigenvalue weighted by atomic mass is 10.0. The van der Waals surface area contributed by atoms with E-state index in [0.717, 1.165) is 116 Å². The fourth-order valence-electron chi connectivity index (χ4n) is 9.89. The number of esters is 3. The van der Waals surface area contributed by atoms with Crippen molar-refractivity contribution in [1.82, 2.24) is 0 Å². The summed E-state index contributed by atoms with van der Waals surface area (Å²) in [4.78, 5) is 38.4. The molecule has 0 rings (SSSR count). The summed E-state index contributed by atoms with van der Waals surface area (Å²) < 4.78 is 17.0. The van der Waals surface area contributed by atoms with Crippen LogP contribution >= 0.6 is 0 Å². The molecule has 0 bridgehead atoms. The first kappa shape index (κ1) is 77.3. The molecule has 0 spiro atoms. The molecule has 0 fully saturated rings. The second-order valence-corrected chi connectivity index (χ2v) is 23.1. The number of unbranched alkanes of at least 4 members (excludes halogenated alkanes) is 36. The monoisotopic (exact) mass is 1130 g/mol. The summed E-state index contributed by atoms with van der Waals surface area (Å²) in [6.45, 7) is 6.51. The fourth-order valence-corrected chi connectivity index (χ4v) is 9.89. The van der Waals surface area contributed by atoms with Gasteiger partial charge in [0.2, 0.25) is 0 Å². The molecule has 0 saturated heterocycles. The Labute approximate surface area is 502 Å². The van der Waals surface area contributed by atoms with Gasteiger partial charge in [-0.25, -0.2) is 0 Å². The molecule has 0 saturated carbocycles. The van der Waals surface area contributed by atoms with E-state index in [-0.39, 0.29) is 37.5 Å². The largest absolute Gasteiger partial charge is 0.462 e. The molecular formula is C75H130O6. The molecule has 0 aromatic carbocycles. The van der Waals surface area contributed by atoms with Crippen LogP contribution in [0.15, 0.2) is 97.2 Å². The summed E-state index contributed by atoms with van der Waals surface area (Å²) in [6, 6.07) is 0. The Bertz CT molecular complexity index is 1580. The fraction of sp³-hybridized carbons (Fsp3) is 0.747. The van der Waals surface area contributed by atoms with Crippen LogP contribution in [0.3, 0.4) is 0 Å². The first-order valence-electron chi connectivity index (χ1n) is 34.7.